The lowest BCUT2D eigenvalue weighted by Crippen LogP contribution is -2.38. The van der Waals surface area contributed by atoms with Crippen LogP contribution >= 0.6 is 24.0 Å². The van der Waals surface area contributed by atoms with Crippen LogP contribution in [0.2, 0.25) is 0 Å². The molecule has 1 saturated carbocycles. The van der Waals surface area contributed by atoms with Gasteiger partial charge in [-0.1, -0.05) is 42.5 Å². The van der Waals surface area contributed by atoms with E-state index < -0.39 is 0 Å². The second kappa shape index (κ2) is 9.02. The van der Waals surface area contributed by atoms with E-state index in [1.807, 2.05) is 18.7 Å². The van der Waals surface area contributed by atoms with E-state index in [0.29, 0.717) is 6.54 Å². The molecule has 162 valence electrons. The highest BCUT2D eigenvalue weighted by atomic mass is 127. The van der Waals surface area contributed by atoms with Gasteiger partial charge in [0, 0.05) is 25.8 Å². The Hall–Kier alpha value is -2.35. The van der Waals surface area contributed by atoms with Gasteiger partial charge in [-0.15, -0.1) is 24.0 Å². The van der Waals surface area contributed by atoms with Crippen LogP contribution in [0.3, 0.4) is 0 Å². The summed E-state index contributed by atoms with van der Waals surface area (Å²) >= 11 is 0. The molecule has 6 heteroatoms. The summed E-state index contributed by atoms with van der Waals surface area (Å²) in [5.74, 6) is 3.12. The van der Waals surface area contributed by atoms with Crippen molar-refractivity contribution in [1.29, 1.82) is 0 Å². The van der Waals surface area contributed by atoms with E-state index >= 15 is 0 Å². The van der Waals surface area contributed by atoms with Gasteiger partial charge in [0.2, 0.25) is 0 Å². The van der Waals surface area contributed by atoms with Crippen molar-refractivity contribution in [3.05, 3.63) is 82.7 Å². The van der Waals surface area contributed by atoms with Crippen molar-refractivity contribution in [3.63, 3.8) is 0 Å². The SMILES string of the molecule is CN=C(NCc1ccccc1-n1nc(C)cc1C)NCC1C2Cc3ccccc3C12.I. The van der Waals surface area contributed by atoms with Gasteiger partial charge in [-0.2, -0.15) is 5.10 Å². The summed E-state index contributed by atoms with van der Waals surface area (Å²) < 4.78 is 2.02. The predicted octanol–water partition coefficient (Wildman–Crippen LogP) is 4.36. The highest BCUT2D eigenvalue weighted by molar-refractivity contribution is 14.0. The summed E-state index contributed by atoms with van der Waals surface area (Å²) in [4.78, 5) is 4.44. The fourth-order valence-corrected chi connectivity index (χ4v) is 5.12. The normalized spacial score (nSPS) is 21.1. The van der Waals surface area contributed by atoms with E-state index in [2.05, 4.69) is 82.2 Å². The number of aryl methyl sites for hydroxylation is 2. The van der Waals surface area contributed by atoms with Crippen molar-refractivity contribution < 1.29 is 0 Å². The van der Waals surface area contributed by atoms with Crippen LogP contribution in [0, 0.1) is 25.7 Å². The van der Waals surface area contributed by atoms with Crippen LogP contribution in [0.4, 0.5) is 0 Å². The number of aromatic nitrogens is 2. The lowest BCUT2D eigenvalue weighted by Gasteiger charge is -2.15. The minimum atomic E-state index is 0. The molecule has 0 amide bonds. The molecule has 1 fully saturated rings. The second-order valence-electron chi connectivity index (χ2n) is 8.53. The Kier molecular flexibility index (Phi) is 6.36. The molecule has 0 saturated heterocycles. The molecule has 2 aliphatic carbocycles. The van der Waals surface area contributed by atoms with E-state index in [1.165, 1.54) is 12.0 Å². The average Bonchev–Trinajstić information content (AvgIpc) is 3.10. The standard InChI is InChI=1S/C25H29N5.HI/c1-16-12-17(2)30(29-16)23-11-7-5-9-19(23)14-27-25(26-3)28-15-22-21-13-18-8-4-6-10-20(18)24(21)22;/h4-12,21-22,24H,13-15H2,1-3H3,(H2,26,27,28);1H. The summed E-state index contributed by atoms with van der Waals surface area (Å²) in [5, 5.41) is 11.7. The molecule has 3 unspecified atom stereocenters. The Labute approximate surface area is 201 Å². The highest BCUT2D eigenvalue weighted by Gasteiger charge is 2.54. The Morgan fingerprint density at radius 1 is 1.10 bits per heavy atom. The van der Waals surface area contributed by atoms with Crippen molar-refractivity contribution in [1.82, 2.24) is 20.4 Å². The number of hydrogen-bond acceptors (Lipinski definition) is 2. The second-order valence-corrected chi connectivity index (χ2v) is 8.53. The van der Waals surface area contributed by atoms with E-state index in [-0.39, 0.29) is 24.0 Å². The molecule has 1 heterocycles. The van der Waals surface area contributed by atoms with Gasteiger partial charge in [-0.05, 0) is 66.8 Å². The first kappa shape index (κ1) is 21.9. The van der Waals surface area contributed by atoms with Gasteiger partial charge in [0.25, 0.3) is 0 Å². The molecule has 5 nitrogen and oxygen atoms in total. The average molecular weight is 527 g/mol. The van der Waals surface area contributed by atoms with Gasteiger partial charge in [0.05, 0.1) is 11.4 Å². The largest absolute Gasteiger partial charge is 0.356 e. The maximum Gasteiger partial charge on any atom is 0.191 e. The number of guanidine groups is 1. The fraction of sp³-hybridized carbons (Fsp3) is 0.360. The predicted molar refractivity (Wildman–Crippen MR) is 137 cm³/mol. The number of rotatable bonds is 5. The van der Waals surface area contributed by atoms with Crippen LogP contribution in [0.1, 0.15) is 34.0 Å². The van der Waals surface area contributed by atoms with Crippen molar-refractivity contribution in [3.8, 4) is 5.69 Å². The number of nitrogens with zero attached hydrogens (tertiary/aromatic N) is 3. The Bertz CT molecular complexity index is 1100. The number of halogens is 1. The summed E-state index contributed by atoms with van der Waals surface area (Å²) in [6.45, 7) is 5.80. The molecule has 3 aromatic rings. The topological polar surface area (TPSA) is 54.2 Å². The number of para-hydroxylation sites is 1. The van der Waals surface area contributed by atoms with E-state index in [4.69, 9.17) is 0 Å². The first-order valence-electron chi connectivity index (χ1n) is 10.8. The Morgan fingerprint density at radius 2 is 1.87 bits per heavy atom. The van der Waals surface area contributed by atoms with Crippen LogP contribution in [0.5, 0.6) is 0 Å². The molecule has 2 aliphatic rings. The molecule has 31 heavy (non-hydrogen) atoms. The first-order chi connectivity index (χ1) is 14.7. The lowest BCUT2D eigenvalue weighted by molar-refractivity contribution is 0.653. The summed E-state index contributed by atoms with van der Waals surface area (Å²) in [6, 6.07) is 19.4. The zero-order valence-electron chi connectivity index (χ0n) is 18.3. The monoisotopic (exact) mass is 527 g/mol. The van der Waals surface area contributed by atoms with Crippen LogP contribution in [0.15, 0.2) is 59.6 Å². The molecular weight excluding hydrogens is 497 g/mol. The summed E-state index contributed by atoms with van der Waals surface area (Å²) in [7, 11) is 1.84. The van der Waals surface area contributed by atoms with Gasteiger partial charge < -0.3 is 10.6 Å². The maximum atomic E-state index is 4.65. The molecule has 0 aliphatic heterocycles. The number of aliphatic imine (C=N–C) groups is 1. The molecule has 5 rings (SSSR count). The molecule has 3 atom stereocenters. The summed E-state index contributed by atoms with van der Waals surface area (Å²) in [6.07, 6.45) is 1.23. The lowest BCUT2D eigenvalue weighted by atomic mass is 10.0. The van der Waals surface area contributed by atoms with Crippen molar-refractivity contribution in [2.75, 3.05) is 13.6 Å². The molecule has 0 bridgehead atoms. The molecule has 0 spiro atoms. The zero-order chi connectivity index (χ0) is 20.7. The van der Waals surface area contributed by atoms with Crippen LogP contribution in [-0.4, -0.2) is 29.3 Å². The Balaban J connectivity index is 0.00000231. The van der Waals surface area contributed by atoms with Crippen molar-refractivity contribution in [2.45, 2.75) is 32.7 Å². The number of fused-ring (bicyclic) bond motifs is 3. The third-order valence-electron chi connectivity index (χ3n) is 6.61. The third-order valence-corrected chi connectivity index (χ3v) is 6.61. The molecule has 2 N–H and O–H groups in total. The van der Waals surface area contributed by atoms with Gasteiger partial charge in [0.1, 0.15) is 0 Å². The first-order valence-corrected chi connectivity index (χ1v) is 10.8. The molecular formula is C25H30IN5. The van der Waals surface area contributed by atoms with Gasteiger partial charge in [0.15, 0.2) is 5.96 Å². The van der Waals surface area contributed by atoms with Crippen LogP contribution in [0.25, 0.3) is 5.69 Å². The minimum absolute atomic E-state index is 0. The fourth-order valence-electron chi connectivity index (χ4n) is 5.12. The minimum Gasteiger partial charge on any atom is -0.356 e. The molecule has 2 aromatic carbocycles. The summed E-state index contributed by atoms with van der Waals surface area (Å²) in [5.41, 5.74) is 7.60. The zero-order valence-corrected chi connectivity index (χ0v) is 20.6. The number of benzene rings is 2. The van der Waals surface area contributed by atoms with Crippen LogP contribution in [-0.2, 0) is 13.0 Å². The quantitative estimate of drug-likeness (QED) is 0.295. The number of nitrogens with one attached hydrogen (secondary N) is 2. The smallest absolute Gasteiger partial charge is 0.191 e. The molecule has 1 aromatic heterocycles. The van der Waals surface area contributed by atoms with E-state index in [9.17, 15) is 0 Å². The number of hydrogen-bond donors (Lipinski definition) is 2. The van der Waals surface area contributed by atoms with Crippen molar-refractivity contribution >= 4 is 29.9 Å². The van der Waals surface area contributed by atoms with E-state index in [1.54, 1.807) is 11.1 Å². The van der Waals surface area contributed by atoms with Gasteiger partial charge in [-0.3, -0.25) is 4.99 Å². The third kappa shape index (κ3) is 4.22. The maximum absolute atomic E-state index is 4.65. The van der Waals surface area contributed by atoms with Gasteiger partial charge >= 0.3 is 0 Å². The highest BCUT2D eigenvalue weighted by Crippen LogP contribution is 2.60. The van der Waals surface area contributed by atoms with Gasteiger partial charge in [-0.25, -0.2) is 4.68 Å². The van der Waals surface area contributed by atoms with Crippen LogP contribution < -0.4 is 10.6 Å². The van der Waals surface area contributed by atoms with E-state index in [0.717, 1.165) is 47.3 Å². The Morgan fingerprint density at radius 3 is 2.65 bits per heavy atom. The van der Waals surface area contributed by atoms with Crippen molar-refractivity contribution in [2.24, 2.45) is 16.8 Å². The molecule has 0 radical (unpaired) electrons.